The normalized spacial score (nSPS) is 16.9. The van der Waals surface area contributed by atoms with E-state index in [1.807, 2.05) is 27.7 Å². The van der Waals surface area contributed by atoms with E-state index in [0.717, 1.165) is 13.1 Å². The highest BCUT2D eigenvalue weighted by Crippen LogP contribution is 2.30. The first-order valence-corrected chi connectivity index (χ1v) is 9.30. The van der Waals surface area contributed by atoms with Crippen LogP contribution in [0, 0.1) is 0 Å². The van der Waals surface area contributed by atoms with Crippen molar-refractivity contribution in [3.63, 3.8) is 0 Å². The fourth-order valence-corrected chi connectivity index (χ4v) is 3.24. The zero-order valence-corrected chi connectivity index (χ0v) is 18.7. The van der Waals surface area contributed by atoms with Crippen LogP contribution in [0.2, 0.25) is 0 Å². The predicted molar refractivity (Wildman–Crippen MR) is 119 cm³/mol. The van der Waals surface area contributed by atoms with Gasteiger partial charge in [0.05, 0.1) is 0 Å². The van der Waals surface area contributed by atoms with E-state index in [-0.39, 0.29) is 42.0 Å². The van der Waals surface area contributed by atoms with Crippen LogP contribution in [0.3, 0.4) is 0 Å². The zero-order valence-electron chi connectivity index (χ0n) is 16.4. The molecular weight excluding hydrogens is 439 g/mol. The molecule has 0 saturated heterocycles. The third-order valence-corrected chi connectivity index (χ3v) is 4.25. The summed E-state index contributed by atoms with van der Waals surface area (Å²) in [5.74, 6) is 1.14. The summed E-state index contributed by atoms with van der Waals surface area (Å²) in [5.41, 5.74) is 2.68. The van der Waals surface area contributed by atoms with Crippen molar-refractivity contribution in [3.05, 3.63) is 35.4 Å². The molecule has 3 N–H and O–H groups in total. The summed E-state index contributed by atoms with van der Waals surface area (Å²) in [4.78, 5) is 16.4. The minimum atomic E-state index is -0.232. The van der Waals surface area contributed by atoms with Gasteiger partial charge in [0.2, 0.25) is 5.91 Å². The molecule has 0 fully saturated rings. The number of guanidine groups is 1. The van der Waals surface area contributed by atoms with Crippen molar-refractivity contribution in [2.24, 2.45) is 4.99 Å². The second-order valence-corrected chi connectivity index (χ2v) is 7.66. The molecule has 26 heavy (non-hydrogen) atoms. The van der Waals surface area contributed by atoms with Crippen LogP contribution in [0.5, 0.6) is 0 Å². The molecule has 1 amide bonds. The molecule has 1 aromatic rings. The molecule has 0 aliphatic heterocycles. The Hall–Kier alpha value is -1.31. The average molecular weight is 472 g/mol. The molecule has 1 aromatic carbocycles. The predicted octanol–water partition coefficient (Wildman–Crippen LogP) is 3.19. The summed E-state index contributed by atoms with van der Waals surface area (Å²) in [6.07, 6.45) is 3.59. The molecular formula is C20H33IN4O. The third-order valence-electron chi connectivity index (χ3n) is 4.25. The van der Waals surface area contributed by atoms with Gasteiger partial charge >= 0.3 is 0 Å². The standard InChI is InChI=1S/C20H32N4O.HI/c1-5-21-19(23-14-18(25)24-20(2,3)4)22-13-16-11-8-10-15-9-6-7-12-17(15)16;/h6-7,9,12,16H,5,8,10-11,13-14H2,1-4H3,(H,24,25)(H2,21,22,23);1H. The summed E-state index contributed by atoms with van der Waals surface area (Å²) >= 11 is 0. The molecule has 146 valence electrons. The Morgan fingerprint density at radius 3 is 2.65 bits per heavy atom. The van der Waals surface area contributed by atoms with E-state index in [4.69, 9.17) is 0 Å². The fourth-order valence-electron chi connectivity index (χ4n) is 3.24. The molecule has 0 aromatic heterocycles. The number of aliphatic imine (C=N–C) groups is 1. The highest BCUT2D eigenvalue weighted by molar-refractivity contribution is 14.0. The number of hydrogen-bond acceptors (Lipinski definition) is 2. The molecule has 1 atom stereocenters. The van der Waals surface area contributed by atoms with Crippen LogP contribution in [0.15, 0.2) is 29.3 Å². The Bertz CT molecular complexity index is 610. The lowest BCUT2D eigenvalue weighted by Crippen LogP contribution is -2.43. The van der Waals surface area contributed by atoms with Crippen molar-refractivity contribution in [2.75, 3.05) is 19.6 Å². The largest absolute Gasteiger partial charge is 0.357 e. The van der Waals surface area contributed by atoms with Crippen LogP contribution in [-0.4, -0.2) is 37.0 Å². The Morgan fingerprint density at radius 2 is 1.96 bits per heavy atom. The lowest BCUT2D eigenvalue weighted by atomic mass is 9.83. The van der Waals surface area contributed by atoms with Crippen molar-refractivity contribution >= 4 is 35.8 Å². The van der Waals surface area contributed by atoms with Crippen LogP contribution in [0.4, 0.5) is 0 Å². The molecule has 2 rings (SSSR count). The van der Waals surface area contributed by atoms with Gasteiger partial charge in [-0.3, -0.25) is 4.79 Å². The molecule has 0 radical (unpaired) electrons. The van der Waals surface area contributed by atoms with Gasteiger partial charge in [0.25, 0.3) is 0 Å². The Kier molecular flexibility index (Phi) is 9.39. The first-order chi connectivity index (χ1) is 11.9. The number of aryl methyl sites for hydroxylation is 1. The maximum Gasteiger partial charge on any atom is 0.242 e. The number of fused-ring (bicyclic) bond motifs is 1. The maximum absolute atomic E-state index is 12.0. The van der Waals surface area contributed by atoms with Crippen LogP contribution in [-0.2, 0) is 11.2 Å². The van der Waals surface area contributed by atoms with E-state index in [1.54, 1.807) is 0 Å². The van der Waals surface area contributed by atoms with Gasteiger partial charge in [0.15, 0.2) is 5.96 Å². The van der Waals surface area contributed by atoms with E-state index >= 15 is 0 Å². The molecule has 1 aliphatic rings. The highest BCUT2D eigenvalue weighted by atomic mass is 127. The number of carbonyl (C=O) groups is 1. The molecule has 5 nitrogen and oxygen atoms in total. The number of halogens is 1. The summed E-state index contributed by atoms with van der Waals surface area (Å²) in [7, 11) is 0. The first-order valence-electron chi connectivity index (χ1n) is 9.30. The van der Waals surface area contributed by atoms with Gasteiger partial charge in [0, 0.05) is 24.5 Å². The van der Waals surface area contributed by atoms with E-state index < -0.39 is 0 Å². The van der Waals surface area contributed by atoms with Crippen molar-refractivity contribution in [3.8, 4) is 0 Å². The Morgan fingerprint density at radius 1 is 1.23 bits per heavy atom. The topological polar surface area (TPSA) is 65.5 Å². The number of nitrogens with one attached hydrogen (secondary N) is 3. The average Bonchev–Trinajstić information content (AvgIpc) is 2.56. The lowest BCUT2D eigenvalue weighted by molar-refractivity contribution is -0.121. The van der Waals surface area contributed by atoms with Gasteiger partial charge in [-0.1, -0.05) is 24.3 Å². The SMILES string of the molecule is CCNC(=NCC(=O)NC(C)(C)C)NCC1CCCc2ccccc21.I. The first kappa shape index (κ1) is 22.7. The van der Waals surface area contributed by atoms with Crippen LogP contribution >= 0.6 is 24.0 Å². The number of benzene rings is 1. The number of nitrogens with zero attached hydrogens (tertiary/aromatic N) is 1. The van der Waals surface area contributed by atoms with Gasteiger partial charge in [-0.15, -0.1) is 24.0 Å². The van der Waals surface area contributed by atoms with Gasteiger partial charge in [-0.2, -0.15) is 0 Å². The minimum Gasteiger partial charge on any atom is -0.357 e. The zero-order chi connectivity index (χ0) is 18.3. The van der Waals surface area contributed by atoms with Crippen molar-refractivity contribution in [1.29, 1.82) is 0 Å². The maximum atomic E-state index is 12.0. The lowest BCUT2D eigenvalue weighted by Gasteiger charge is -2.26. The summed E-state index contributed by atoms with van der Waals surface area (Å²) in [5, 5.41) is 9.57. The smallest absolute Gasteiger partial charge is 0.242 e. The highest BCUT2D eigenvalue weighted by Gasteiger charge is 2.20. The van der Waals surface area contributed by atoms with E-state index in [1.165, 1.54) is 30.4 Å². The molecule has 6 heteroatoms. The van der Waals surface area contributed by atoms with E-state index in [0.29, 0.717) is 11.9 Å². The van der Waals surface area contributed by atoms with Crippen molar-refractivity contribution in [2.45, 2.75) is 58.4 Å². The molecule has 0 saturated carbocycles. The molecule has 0 bridgehead atoms. The minimum absolute atomic E-state index is 0. The molecule has 0 spiro atoms. The Balaban J connectivity index is 0.00000338. The van der Waals surface area contributed by atoms with Crippen molar-refractivity contribution in [1.82, 2.24) is 16.0 Å². The second-order valence-electron chi connectivity index (χ2n) is 7.66. The monoisotopic (exact) mass is 472 g/mol. The van der Waals surface area contributed by atoms with Crippen LogP contribution in [0.1, 0.15) is 57.6 Å². The number of amides is 1. The molecule has 1 unspecified atom stereocenters. The molecule has 0 heterocycles. The van der Waals surface area contributed by atoms with Gasteiger partial charge < -0.3 is 16.0 Å². The quantitative estimate of drug-likeness (QED) is 0.351. The molecule has 1 aliphatic carbocycles. The van der Waals surface area contributed by atoms with Crippen LogP contribution in [0.25, 0.3) is 0 Å². The Labute approximate surface area is 174 Å². The summed E-state index contributed by atoms with van der Waals surface area (Å²) < 4.78 is 0. The van der Waals surface area contributed by atoms with E-state index in [2.05, 4.69) is 45.2 Å². The summed E-state index contributed by atoms with van der Waals surface area (Å²) in [6, 6.07) is 8.71. The van der Waals surface area contributed by atoms with Gasteiger partial charge in [-0.05, 0) is 58.1 Å². The van der Waals surface area contributed by atoms with Gasteiger partial charge in [0.1, 0.15) is 6.54 Å². The van der Waals surface area contributed by atoms with Crippen LogP contribution < -0.4 is 16.0 Å². The third kappa shape index (κ3) is 7.51. The number of carbonyl (C=O) groups excluding carboxylic acids is 1. The summed E-state index contributed by atoms with van der Waals surface area (Å²) in [6.45, 7) is 9.68. The van der Waals surface area contributed by atoms with E-state index in [9.17, 15) is 4.79 Å². The van der Waals surface area contributed by atoms with Gasteiger partial charge in [-0.25, -0.2) is 4.99 Å². The second kappa shape index (κ2) is 10.7. The van der Waals surface area contributed by atoms with Crippen molar-refractivity contribution < 1.29 is 4.79 Å². The fraction of sp³-hybridized carbons (Fsp3) is 0.600. The number of hydrogen-bond donors (Lipinski definition) is 3. The number of rotatable bonds is 5.